The van der Waals surface area contributed by atoms with E-state index in [2.05, 4.69) is 20.9 Å². The van der Waals surface area contributed by atoms with Crippen LogP contribution in [0.4, 0.5) is 24.7 Å². The number of hydrogen-bond donors (Lipinski definition) is 0. The van der Waals surface area contributed by atoms with Gasteiger partial charge in [-0.15, -0.1) is 0 Å². The van der Waals surface area contributed by atoms with Crippen LogP contribution in [-0.4, -0.2) is 46.9 Å². The normalized spacial score (nSPS) is 14.9. The Hall–Kier alpha value is -2.69. The van der Waals surface area contributed by atoms with Gasteiger partial charge in [0, 0.05) is 44.0 Å². The number of nitro benzene ring substituents is 1. The average molecular weight is 459 g/mol. The highest BCUT2D eigenvalue weighted by Gasteiger charge is 2.31. The zero-order valence-electron chi connectivity index (χ0n) is 14.3. The first-order chi connectivity index (χ1) is 13.2. The van der Waals surface area contributed by atoms with Crippen molar-refractivity contribution in [2.45, 2.75) is 6.18 Å². The largest absolute Gasteiger partial charge is 0.417 e. The van der Waals surface area contributed by atoms with Crippen LogP contribution in [0.5, 0.6) is 0 Å². The van der Waals surface area contributed by atoms with E-state index in [0.29, 0.717) is 32.0 Å². The van der Waals surface area contributed by atoms with Crippen molar-refractivity contribution >= 4 is 33.3 Å². The first-order valence-corrected chi connectivity index (χ1v) is 8.97. The summed E-state index contributed by atoms with van der Waals surface area (Å²) in [6.45, 7) is 1.43. The molecule has 3 rings (SSSR count). The SMILES string of the molecule is O=C(c1ccc(Br)c([N+](=O)[O-])c1)N1CCN(c2ccc(C(F)(F)F)cn2)CC1. The molecule has 28 heavy (non-hydrogen) atoms. The summed E-state index contributed by atoms with van der Waals surface area (Å²) in [7, 11) is 0. The number of amides is 1. The molecule has 0 atom stereocenters. The van der Waals surface area contributed by atoms with E-state index in [1.807, 2.05) is 0 Å². The molecule has 0 spiro atoms. The number of pyridine rings is 1. The Morgan fingerprint density at radius 2 is 1.82 bits per heavy atom. The minimum atomic E-state index is -4.44. The molecule has 1 aromatic carbocycles. The van der Waals surface area contributed by atoms with Gasteiger partial charge in [-0.2, -0.15) is 13.2 Å². The highest BCUT2D eigenvalue weighted by molar-refractivity contribution is 9.10. The molecule has 1 aromatic heterocycles. The maximum absolute atomic E-state index is 12.6. The number of benzene rings is 1. The number of carbonyl (C=O) groups excluding carboxylic acids is 1. The fourth-order valence-electron chi connectivity index (χ4n) is 2.85. The van der Waals surface area contributed by atoms with E-state index < -0.39 is 16.7 Å². The van der Waals surface area contributed by atoms with Crippen LogP contribution < -0.4 is 4.90 Å². The van der Waals surface area contributed by atoms with Crippen molar-refractivity contribution in [2.75, 3.05) is 31.1 Å². The highest BCUT2D eigenvalue weighted by Crippen LogP contribution is 2.30. The van der Waals surface area contributed by atoms with Gasteiger partial charge in [-0.25, -0.2) is 4.98 Å². The van der Waals surface area contributed by atoms with Crippen molar-refractivity contribution in [3.8, 4) is 0 Å². The van der Waals surface area contributed by atoms with Gasteiger partial charge in [0.15, 0.2) is 0 Å². The molecule has 0 aliphatic carbocycles. The number of nitro groups is 1. The quantitative estimate of drug-likeness (QED) is 0.517. The third-order valence-corrected chi connectivity index (χ3v) is 5.03. The molecule has 11 heteroatoms. The Morgan fingerprint density at radius 1 is 1.14 bits per heavy atom. The number of halogens is 4. The van der Waals surface area contributed by atoms with Crippen molar-refractivity contribution in [3.63, 3.8) is 0 Å². The van der Waals surface area contributed by atoms with E-state index >= 15 is 0 Å². The molecule has 1 amide bonds. The van der Waals surface area contributed by atoms with Crippen molar-refractivity contribution in [3.05, 3.63) is 62.2 Å². The van der Waals surface area contributed by atoms with Crippen LogP contribution in [0, 0.1) is 10.1 Å². The topological polar surface area (TPSA) is 79.6 Å². The number of hydrogen-bond acceptors (Lipinski definition) is 5. The second-order valence-electron chi connectivity index (χ2n) is 6.11. The Kier molecular flexibility index (Phi) is 5.54. The molecule has 1 fully saturated rings. The van der Waals surface area contributed by atoms with E-state index in [1.54, 1.807) is 9.80 Å². The molecule has 1 aliphatic rings. The number of aromatic nitrogens is 1. The van der Waals surface area contributed by atoms with Crippen LogP contribution in [0.3, 0.4) is 0 Å². The van der Waals surface area contributed by atoms with Crippen LogP contribution in [0.1, 0.15) is 15.9 Å². The number of carbonyl (C=O) groups is 1. The Labute approximate surface area is 166 Å². The van der Waals surface area contributed by atoms with E-state index in [9.17, 15) is 28.1 Å². The molecule has 0 bridgehead atoms. The molecule has 0 saturated carbocycles. The molecule has 0 N–H and O–H groups in total. The van der Waals surface area contributed by atoms with Crippen LogP contribution in [0.2, 0.25) is 0 Å². The Bertz CT molecular complexity index is 898. The lowest BCUT2D eigenvalue weighted by atomic mass is 10.1. The first kappa shape index (κ1) is 20.1. The first-order valence-electron chi connectivity index (χ1n) is 8.18. The third-order valence-electron chi connectivity index (χ3n) is 4.36. The fourth-order valence-corrected chi connectivity index (χ4v) is 3.24. The molecular formula is C17H14BrF3N4O3. The van der Waals surface area contributed by atoms with Crippen LogP contribution in [0.25, 0.3) is 0 Å². The molecule has 148 valence electrons. The standard InChI is InChI=1S/C17H14BrF3N4O3/c18-13-3-1-11(9-14(13)25(27)28)16(26)24-7-5-23(6-8-24)15-4-2-12(10-22-15)17(19,20)21/h1-4,9-10H,5-8H2. The van der Waals surface area contributed by atoms with Gasteiger partial charge >= 0.3 is 6.18 Å². The fraction of sp³-hybridized carbons (Fsp3) is 0.294. The van der Waals surface area contributed by atoms with E-state index in [4.69, 9.17) is 0 Å². The highest BCUT2D eigenvalue weighted by atomic mass is 79.9. The molecular weight excluding hydrogens is 445 g/mol. The van der Waals surface area contributed by atoms with Gasteiger partial charge in [-0.3, -0.25) is 14.9 Å². The molecule has 7 nitrogen and oxygen atoms in total. The number of rotatable bonds is 3. The number of alkyl halides is 3. The molecule has 2 heterocycles. The van der Waals surface area contributed by atoms with Gasteiger partial charge in [0.25, 0.3) is 11.6 Å². The lowest BCUT2D eigenvalue weighted by Gasteiger charge is -2.35. The summed E-state index contributed by atoms with van der Waals surface area (Å²) in [6, 6.07) is 6.45. The van der Waals surface area contributed by atoms with Crippen molar-refractivity contribution in [1.82, 2.24) is 9.88 Å². The second kappa shape index (κ2) is 7.74. The zero-order valence-corrected chi connectivity index (χ0v) is 15.9. The van der Waals surface area contributed by atoms with Crippen LogP contribution >= 0.6 is 15.9 Å². The lowest BCUT2D eigenvalue weighted by molar-refractivity contribution is -0.385. The maximum atomic E-state index is 12.6. The smallest absolute Gasteiger partial charge is 0.353 e. The van der Waals surface area contributed by atoms with Gasteiger partial charge in [0.05, 0.1) is 15.0 Å². The number of piperazine rings is 1. The average Bonchev–Trinajstić information content (AvgIpc) is 2.67. The van der Waals surface area contributed by atoms with Crippen molar-refractivity contribution < 1.29 is 22.9 Å². The summed E-state index contributed by atoms with van der Waals surface area (Å²) >= 11 is 3.08. The summed E-state index contributed by atoms with van der Waals surface area (Å²) in [4.78, 5) is 30.3. The monoisotopic (exact) mass is 458 g/mol. The summed E-state index contributed by atoms with van der Waals surface area (Å²) in [5.74, 6) is 0.0648. The van der Waals surface area contributed by atoms with E-state index in [-0.39, 0.29) is 21.6 Å². The van der Waals surface area contributed by atoms with Gasteiger partial charge < -0.3 is 9.80 Å². The third kappa shape index (κ3) is 4.24. The summed E-state index contributed by atoms with van der Waals surface area (Å²) in [6.07, 6.45) is -3.66. The van der Waals surface area contributed by atoms with Crippen LogP contribution in [0.15, 0.2) is 41.0 Å². The number of nitrogens with zero attached hydrogens (tertiary/aromatic N) is 4. The molecule has 0 radical (unpaired) electrons. The van der Waals surface area contributed by atoms with Gasteiger partial charge in [-0.1, -0.05) is 0 Å². The number of anilines is 1. The predicted molar refractivity (Wildman–Crippen MR) is 98.2 cm³/mol. The summed E-state index contributed by atoms with van der Waals surface area (Å²) in [5.41, 5.74) is -0.809. The van der Waals surface area contributed by atoms with Crippen LogP contribution in [-0.2, 0) is 6.18 Å². The van der Waals surface area contributed by atoms with Crippen molar-refractivity contribution in [2.24, 2.45) is 0 Å². The molecule has 1 aliphatic heterocycles. The zero-order chi connectivity index (χ0) is 20.5. The maximum Gasteiger partial charge on any atom is 0.417 e. The van der Waals surface area contributed by atoms with E-state index in [1.165, 1.54) is 24.3 Å². The van der Waals surface area contributed by atoms with Gasteiger partial charge in [0.1, 0.15) is 5.82 Å². The lowest BCUT2D eigenvalue weighted by Crippen LogP contribution is -2.49. The predicted octanol–water partition coefficient (Wildman–Crippen LogP) is 3.73. The minimum absolute atomic E-state index is 0.196. The Morgan fingerprint density at radius 3 is 2.36 bits per heavy atom. The van der Waals surface area contributed by atoms with Gasteiger partial charge in [-0.05, 0) is 40.2 Å². The van der Waals surface area contributed by atoms with Gasteiger partial charge in [0.2, 0.25) is 0 Å². The summed E-state index contributed by atoms with van der Waals surface area (Å²) in [5, 5.41) is 11.0. The molecule has 1 saturated heterocycles. The molecule has 2 aromatic rings. The molecule has 0 unspecified atom stereocenters. The van der Waals surface area contributed by atoms with Crippen molar-refractivity contribution in [1.29, 1.82) is 0 Å². The summed E-state index contributed by atoms with van der Waals surface area (Å²) < 4.78 is 38.2. The minimum Gasteiger partial charge on any atom is -0.353 e. The second-order valence-corrected chi connectivity index (χ2v) is 6.96. The Balaban J connectivity index is 1.66. The van der Waals surface area contributed by atoms with E-state index in [0.717, 1.165) is 12.3 Å².